The van der Waals surface area contributed by atoms with Crippen molar-refractivity contribution < 1.29 is 23.5 Å². The first-order chi connectivity index (χ1) is 15.1. The summed E-state index contributed by atoms with van der Waals surface area (Å²) in [5, 5.41) is 1.09. The molecule has 0 radical (unpaired) electrons. The number of hydrogen-bond donors (Lipinski definition) is 1. The van der Waals surface area contributed by atoms with Gasteiger partial charge in [0.25, 0.3) is 0 Å². The first-order valence-electron chi connectivity index (χ1n) is 10.9. The fraction of sp³-hybridized carbons (Fsp3) is 0.400. The van der Waals surface area contributed by atoms with Gasteiger partial charge in [-0.2, -0.15) is 0 Å². The van der Waals surface area contributed by atoms with Gasteiger partial charge in [0.15, 0.2) is 11.5 Å². The Morgan fingerprint density at radius 3 is 2.68 bits per heavy atom. The number of aryl methyl sites for hydroxylation is 2. The van der Waals surface area contributed by atoms with Gasteiger partial charge in [0.05, 0.1) is 20.8 Å². The van der Waals surface area contributed by atoms with Crippen LogP contribution in [0.15, 0.2) is 33.5 Å². The van der Waals surface area contributed by atoms with Crippen LogP contribution in [0, 0.1) is 6.92 Å². The molecular formula is C25H28NO5+. The number of quaternary nitrogens is 1. The maximum Gasteiger partial charge on any atom is 0.339 e. The van der Waals surface area contributed by atoms with Crippen molar-refractivity contribution in [1.82, 2.24) is 0 Å². The summed E-state index contributed by atoms with van der Waals surface area (Å²) in [4.78, 5) is 13.7. The van der Waals surface area contributed by atoms with E-state index in [0.717, 1.165) is 72.5 Å². The Kier molecular flexibility index (Phi) is 5.10. The van der Waals surface area contributed by atoms with Crippen LogP contribution in [0.1, 0.15) is 34.2 Å². The van der Waals surface area contributed by atoms with Gasteiger partial charge in [-0.05, 0) is 55.5 Å². The van der Waals surface area contributed by atoms with E-state index in [9.17, 15) is 4.79 Å². The molecule has 1 aliphatic heterocycles. The van der Waals surface area contributed by atoms with Crippen LogP contribution in [0.5, 0.6) is 17.2 Å². The van der Waals surface area contributed by atoms with Crippen LogP contribution in [-0.4, -0.2) is 27.5 Å². The highest BCUT2D eigenvalue weighted by Crippen LogP contribution is 2.36. The van der Waals surface area contributed by atoms with Crippen molar-refractivity contribution in [3.63, 3.8) is 0 Å². The lowest BCUT2D eigenvalue weighted by Crippen LogP contribution is -3.12. The standard InChI is InChI=1S/C25H27NO5/c1-15-23-17(12-20-18-5-4-6-19(18)25(27)31-24(15)20)13-26(14-30-23)10-9-16-7-8-21(28-2)22(11-16)29-3/h7-8,11-12H,4-6,9-10,13-14H2,1-3H3/p+1. The Morgan fingerprint density at radius 1 is 1.06 bits per heavy atom. The lowest BCUT2D eigenvalue weighted by Gasteiger charge is -2.28. The first kappa shape index (κ1) is 19.9. The van der Waals surface area contributed by atoms with Gasteiger partial charge >= 0.3 is 5.63 Å². The number of nitrogens with one attached hydrogen (secondary N) is 1. The average molecular weight is 423 g/mol. The zero-order chi connectivity index (χ0) is 21.5. The number of rotatable bonds is 5. The van der Waals surface area contributed by atoms with E-state index in [-0.39, 0.29) is 5.63 Å². The molecule has 2 heterocycles. The molecule has 162 valence electrons. The van der Waals surface area contributed by atoms with E-state index in [1.165, 1.54) is 21.6 Å². The van der Waals surface area contributed by atoms with Gasteiger partial charge < -0.3 is 18.6 Å². The predicted molar refractivity (Wildman–Crippen MR) is 118 cm³/mol. The maximum atomic E-state index is 12.4. The summed E-state index contributed by atoms with van der Waals surface area (Å²) in [5.41, 5.74) is 5.90. The summed E-state index contributed by atoms with van der Waals surface area (Å²) in [6.45, 7) is 4.45. The SMILES string of the molecule is COc1ccc(CC[NH+]2COc3c(cc4c5c(c(=O)oc4c3C)CCC5)C2)cc1OC. The Labute approximate surface area is 181 Å². The molecule has 1 unspecified atom stereocenters. The molecule has 0 saturated heterocycles. The fourth-order valence-corrected chi connectivity index (χ4v) is 4.97. The molecule has 1 aliphatic carbocycles. The van der Waals surface area contributed by atoms with Crippen LogP contribution in [0.2, 0.25) is 0 Å². The van der Waals surface area contributed by atoms with Crippen molar-refractivity contribution in [3.05, 3.63) is 62.5 Å². The second-order valence-electron chi connectivity index (χ2n) is 8.47. The summed E-state index contributed by atoms with van der Waals surface area (Å²) in [6.07, 6.45) is 3.72. The van der Waals surface area contributed by atoms with Gasteiger partial charge in [0.2, 0.25) is 6.73 Å². The Bertz CT molecular complexity index is 1210. The molecule has 3 aromatic rings. The molecule has 0 saturated carbocycles. The molecule has 0 spiro atoms. The van der Waals surface area contributed by atoms with E-state index in [2.05, 4.69) is 12.1 Å². The highest BCUT2D eigenvalue weighted by molar-refractivity contribution is 5.87. The number of hydrogen-bond acceptors (Lipinski definition) is 5. The normalized spacial score (nSPS) is 17.2. The number of benzene rings is 2. The third kappa shape index (κ3) is 3.45. The molecule has 0 amide bonds. The van der Waals surface area contributed by atoms with Crippen molar-refractivity contribution in [2.75, 3.05) is 27.5 Å². The summed E-state index contributed by atoms with van der Waals surface area (Å²) in [7, 11) is 3.31. The zero-order valence-electron chi connectivity index (χ0n) is 18.3. The first-order valence-corrected chi connectivity index (χ1v) is 10.9. The van der Waals surface area contributed by atoms with E-state index in [1.807, 2.05) is 19.1 Å². The molecule has 1 atom stereocenters. The summed E-state index contributed by atoms with van der Waals surface area (Å²) >= 11 is 0. The minimum absolute atomic E-state index is 0.180. The van der Waals surface area contributed by atoms with E-state index in [0.29, 0.717) is 12.3 Å². The van der Waals surface area contributed by atoms with E-state index in [1.54, 1.807) is 14.2 Å². The van der Waals surface area contributed by atoms with E-state index < -0.39 is 0 Å². The van der Waals surface area contributed by atoms with Crippen LogP contribution in [0.3, 0.4) is 0 Å². The van der Waals surface area contributed by atoms with Gasteiger partial charge in [-0.15, -0.1) is 0 Å². The van der Waals surface area contributed by atoms with Gasteiger partial charge in [-0.1, -0.05) is 6.07 Å². The van der Waals surface area contributed by atoms with Crippen molar-refractivity contribution in [2.45, 2.75) is 39.2 Å². The third-order valence-corrected chi connectivity index (χ3v) is 6.60. The summed E-state index contributed by atoms with van der Waals surface area (Å²) in [6, 6.07) is 8.28. The Hall–Kier alpha value is -2.99. The third-order valence-electron chi connectivity index (χ3n) is 6.60. The summed E-state index contributed by atoms with van der Waals surface area (Å²) in [5.74, 6) is 2.38. The number of methoxy groups -OCH3 is 2. The molecule has 2 aromatic carbocycles. The Balaban J connectivity index is 1.39. The molecule has 1 aromatic heterocycles. The molecule has 1 N–H and O–H groups in total. The second-order valence-corrected chi connectivity index (χ2v) is 8.47. The molecule has 31 heavy (non-hydrogen) atoms. The quantitative estimate of drug-likeness (QED) is 0.641. The van der Waals surface area contributed by atoms with Gasteiger partial charge in [-0.3, -0.25) is 4.90 Å². The molecule has 0 fully saturated rings. The predicted octanol–water partition coefficient (Wildman–Crippen LogP) is 2.58. The van der Waals surface area contributed by atoms with Crippen molar-refractivity contribution >= 4 is 11.0 Å². The lowest BCUT2D eigenvalue weighted by atomic mass is 9.99. The topological polar surface area (TPSA) is 62.3 Å². The van der Waals surface area contributed by atoms with Crippen molar-refractivity contribution in [2.24, 2.45) is 0 Å². The molecule has 6 heteroatoms. The minimum atomic E-state index is -0.180. The van der Waals surface area contributed by atoms with Crippen LogP contribution in [0.4, 0.5) is 0 Å². The van der Waals surface area contributed by atoms with Crippen LogP contribution in [-0.2, 0) is 25.8 Å². The molecule has 0 bridgehead atoms. The van der Waals surface area contributed by atoms with Crippen molar-refractivity contribution in [3.8, 4) is 17.2 Å². The highest BCUT2D eigenvalue weighted by atomic mass is 16.5. The van der Waals surface area contributed by atoms with E-state index in [4.69, 9.17) is 18.6 Å². The van der Waals surface area contributed by atoms with Crippen LogP contribution >= 0.6 is 0 Å². The zero-order valence-corrected chi connectivity index (χ0v) is 18.3. The molecule has 2 aliphatic rings. The van der Waals surface area contributed by atoms with Gasteiger partial charge in [0.1, 0.15) is 17.9 Å². The molecule has 6 nitrogen and oxygen atoms in total. The number of ether oxygens (including phenoxy) is 3. The smallest absolute Gasteiger partial charge is 0.339 e. The average Bonchev–Trinajstić information content (AvgIpc) is 3.29. The van der Waals surface area contributed by atoms with Crippen LogP contribution in [0.25, 0.3) is 11.0 Å². The largest absolute Gasteiger partial charge is 0.493 e. The maximum absolute atomic E-state index is 12.4. The monoisotopic (exact) mass is 422 g/mol. The van der Waals surface area contributed by atoms with Crippen molar-refractivity contribution in [1.29, 1.82) is 0 Å². The van der Waals surface area contributed by atoms with Gasteiger partial charge in [-0.25, -0.2) is 4.79 Å². The molecular weight excluding hydrogens is 394 g/mol. The van der Waals surface area contributed by atoms with Gasteiger partial charge in [0, 0.05) is 28.5 Å². The van der Waals surface area contributed by atoms with Crippen LogP contribution < -0.4 is 24.7 Å². The van der Waals surface area contributed by atoms with E-state index >= 15 is 0 Å². The minimum Gasteiger partial charge on any atom is -0.493 e. The Morgan fingerprint density at radius 2 is 1.87 bits per heavy atom. The molecule has 5 rings (SSSR count). The second kappa shape index (κ2) is 7.93. The highest BCUT2D eigenvalue weighted by Gasteiger charge is 2.27. The fourth-order valence-electron chi connectivity index (χ4n) is 4.97. The lowest BCUT2D eigenvalue weighted by molar-refractivity contribution is -0.932. The summed E-state index contributed by atoms with van der Waals surface area (Å²) < 4.78 is 22.6. The number of fused-ring (bicyclic) bond motifs is 4.